The maximum absolute atomic E-state index is 12.1. The summed E-state index contributed by atoms with van der Waals surface area (Å²) in [5, 5.41) is 16.3. The van der Waals surface area contributed by atoms with Gasteiger partial charge in [-0.25, -0.2) is 18.1 Å². The molecule has 0 aliphatic carbocycles. The topological polar surface area (TPSA) is 114 Å². The molecule has 2 heterocycles. The SMILES string of the molecule is CNc1sc(S(=O)(=O)NCc2csc(C)n2)cc1[N+](=O)[O-]. The molecular formula is C10H12N4O4S3. The van der Waals surface area contributed by atoms with E-state index in [-0.39, 0.29) is 21.4 Å². The van der Waals surface area contributed by atoms with Gasteiger partial charge in [0, 0.05) is 18.5 Å². The molecule has 0 spiro atoms. The average molecular weight is 348 g/mol. The summed E-state index contributed by atoms with van der Waals surface area (Å²) in [7, 11) is -2.31. The average Bonchev–Trinajstić information content (AvgIpc) is 3.02. The van der Waals surface area contributed by atoms with Crippen LogP contribution in [0.3, 0.4) is 0 Å². The number of nitrogens with one attached hydrogen (secondary N) is 2. The van der Waals surface area contributed by atoms with E-state index in [0.29, 0.717) is 5.69 Å². The Morgan fingerprint density at radius 1 is 1.48 bits per heavy atom. The zero-order chi connectivity index (χ0) is 15.6. The Hall–Kier alpha value is -1.56. The molecule has 0 fully saturated rings. The van der Waals surface area contributed by atoms with Gasteiger partial charge in [-0.1, -0.05) is 11.3 Å². The van der Waals surface area contributed by atoms with E-state index < -0.39 is 14.9 Å². The summed E-state index contributed by atoms with van der Waals surface area (Å²) >= 11 is 2.24. The van der Waals surface area contributed by atoms with Crippen LogP contribution >= 0.6 is 22.7 Å². The number of thiophene rings is 1. The van der Waals surface area contributed by atoms with E-state index in [9.17, 15) is 18.5 Å². The highest BCUT2D eigenvalue weighted by Crippen LogP contribution is 2.36. The van der Waals surface area contributed by atoms with Crippen LogP contribution in [0.4, 0.5) is 10.7 Å². The monoisotopic (exact) mass is 348 g/mol. The number of anilines is 1. The lowest BCUT2D eigenvalue weighted by molar-refractivity contribution is -0.383. The van der Waals surface area contributed by atoms with Crippen molar-refractivity contribution in [1.29, 1.82) is 0 Å². The summed E-state index contributed by atoms with van der Waals surface area (Å²) in [6.45, 7) is 1.87. The van der Waals surface area contributed by atoms with Crippen LogP contribution in [-0.4, -0.2) is 25.4 Å². The molecule has 2 rings (SSSR count). The van der Waals surface area contributed by atoms with Crippen molar-refractivity contribution in [3.05, 3.63) is 32.3 Å². The standard InChI is InChI=1S/C10H12N4O4S3/c1-6-13-7(5-19-6)4-12-21(17,18)9-3-8(14(15)16)10(11-2)20-9/h3,5,11-12H,4H2,1-2H3. The lowest BCUT2D eigenvalue weighted by Crippen LogP contribution is -2.22. The lowest BCUT2D eigenvalue weighted by Gasteiger charge is -2.01. The predicted octanol–water partition coefficient (Wildman–Crippen LogP) is 1.94. The van der Waals surface area contributed by atoms with Crippen LogP contribution < -0.4 is 10.0 Å². The van der Waals surface area contributed by atoms with Gasteiger partial charge in [-0.05, 0) is 6.92 Å². The van der Waals surface area contributed by atoms with Crippen LogP contribution in [0.2, 0.25) is 0 Å². The molecule has 0 aliphatic heterocycles. The molecule has 0 amide bonds. The summed E-state index contributed by atoms with van der Waals surface area (Å²) in [5.41, 5.74) is 0.355. The number of rotatable bonds is 6. The first kappa shape index (κ1) is 15.8. The Morgan fingerprint density at radius 2 is 2.19 bits per heavy atom. The van der Waals surface area contributed by atoms with Gasteiger partial charge in [-0.3, -0.25) is 10.1 Å². The number of thiazole rings is 1. The van der Waals surface area contributed by atoms with Crippen molar-refractivity contribution in [3.8, 4) is 0 Å². The number of hydrogen-bond acceptors (Lipinski definition) is 8. The summed E-state index contributed by atoms with van der Waals surface area (Å²) in [4.78, 5) is 14.4. The van der Waals surface area contributed by atoms with Crippen molar-refractivity contribution in [2.75, 3.05) is 12.4 Å². The Kier molecular flexibility index (Phi) is 4.56. The Bertz CT molecular complexity index is 765. The minimum absolute atomic E-state index is 0.0489. The van der Waals surface area contributed by atoms with Gasteiger partial charge < -0.3 is 5.32 Å². The van der Waals surface area contributed by atoms with Gasteiger partial charge in [-0.15, -0.1) is 11.3 Å². The normalized spacial score (nSPS) is 11.5. The third kappa shape index (κ3) is 3.56. The van der Waals surface area contributed by atoms with Crippen molar-refractivity contribution in [3.63, 3.8) is 0 Å². The van der Waals surface area contributed by atoms with E-state index >= 15 is 0 Å². The minimum atomic E-state index is -3.81. The van der Waals surface area contributed by atoms with Crippen LogP contribution in [0, 0.1) is 17.0 Å². The number of aromatic nitrogens is 1. The van der Waals surface area contributed by atoms with E-state index in [1.54, 1.807) is 5.38 Å². The highest BCUT2D eigenvalue weighted by molar-refractivity contribution is 7.91. The number of nitro groups is 1. The molecule has 0 saturated carbocycles. The molecule has 0 aromatic carbocycles. The molecule has 0 radical (unpaired) electrons. The quantitative estimate of drug-likeness (QED) is 0.609. The zero-order valence-electron chi connectivity index (χ0n) is 11.1. The van der Waals surface area contributed by atoms with Crippen molar-refractivity contribution in [2.24, 2.45) is 0 Å². The van der Waals surface area contributed by atoms with Crippen molar-refractivity contribution >= 4 is 43.4 Å². The van der Waals surface area contributed by atoms with E-state index in [1.165, 1.54) is 18.4 Å². The molecule has 2 aromatic rings. The lowest BCUT2D eigenvalue weighted by atomic mass is 10.5. The van der Waals surface area contributed by atoms with Gasteiger partial charge in [0.25, 0.3) is 10.0 Å². The molecule has 11 heteroatoms. The second-order valence-electron chi connectivity index (χ2n) is 3.97. The molecule has 114 valence electrons. The molecule has 2 aromatic heterocycles. The van der Waals surface area contributed by atoms with Gasteiger partial charge in [0.2, 0.25) is 0 Å². The van der Waals surface area contributed by atoms with E-state index in [4.69, 9.17) is 0 Å². The fourth-order valence-electron chi connectivity index (χ4n) is 1.54. The molecule has 2 N–H and O–H groups in total. The number of sulfonamides is 1. The van der Waals surface area contributed by atoms with Crippen LogP contribution in [0.25, 0.3) is 0 Å². The highest BCUT2D eigenvalue weighted by Gasteiger charge is 2.25. The second-order valence-corrected chi connectivity index (χ2v) is 8.08. The Labute approximate surface area is 129 Å². The molecule has 0 unspecified atom stereocenters. The summed E-state index contributed by atoms with van der Waals surface area (Å²) in [6.07, 6.45) is 0. The van der Waals surface area contributed by atoms with Crippen LogP contribution in [0.5, 0.6) is 0 Å². The molecular weight excluding hydrogens is 336 g/mol. The van der Waals surface area contributed by atoms with Crippen molar-refractivity contribution in [2.45, 2.75) is 17.7 Å². The molecule has 8 nitrogen and oxygen atoms in total. The second kappa shape index (κ2) is 6.05. The zero-order valence-corrected chi connectivity index (χ0v) is 13.6. The molecule has 21 heavy (non-hydrogen) atoms. The summed E-state index contributed by atoms with van der Waals surface area (Å²) < 4.78 is 26.6. The number of hydrogen-bond donors (Lipinski definition) is 2. The molecule has 0 saturated heterocycles. The van der Waals surface area contributed by atoms with Crippen LogP contribution in [-0.2, 0) is 16.6 Å². The first-order chi connectivity index (χ1) is 9.83. The largest absolute Gasteiger partial charge is 0.374 e. The van der Waals surface area contributed by atoms with E-state index in [0.717, 1.165) is 22.4 Å². The summed E-state index contributed by atoms with van der Waals surface area (Å²) in [6, 6.07) is 1.05. The van der Waals surface area contributed by atoms with Crippen LogP contribution in [0.15, 0.2) is 15.7 Å². The Morgan fingerprint density at radius 3 is 2.67 bits per heavy atom. The van der Waals surface area contributed by atoms with E-state index in [2.05, 4.69) is 15.0 Å². The first-order valence-electron chi connectivity index (χ1n) is 5.70. The fourth-order valence-corrected chi connectivity index (χ4v) is 4.47. The van der Waals surface area contributed by atoms with Crippen LogP contribution in [0.1, 0.15) is 10.7 Å². The first-order valence-corrected chi connectivity index (χ1v) is 8.88. The predicted molar refractivity (Wildman–Crippen MR) is 81.4 cm³/mol. The summed E-state index contributed by atoms with van der Waals surface area (Å²) in [5.74, 6) is 0. The molecule has 0 atom stereocenters. The van der Waals surface area contributed by atoms with Crippen molar-refractivity contribution in [1.82, 2.24) is 9.71 Å². The highest BCUT2D eigenvalue weighted by atomic mass is 32.2. The molecule has 0 aliphatic rings. The van der Waals surface area contributed by atoms with Gasteiger partial charge in [0.1, 0.15) is 4.21 Å². The smallest absolute Gasteiger partial charge is 0.304 e. The number of aryl methyl sites for hydroxylation is 1. The maximum atomic E-state index is 12.1. The fraction of sp³-hybridized carbons (Fsp3) is 0.300. The van der Waals surface area contributed by atoms with E-state index in [1.807, 2.05) is 6.92 Å². The van der Waals surface area contributed by atoms with Crippen molar-refractivity contribution < 1.29 is 13.3 Å². The van der Waals surface area contributed by atoms with Gasteiger partial charge in [0.05, 0.1) is 22.2 Å². The maximum Gasteiger partial charge on any atom is 0.304 e. The van der Waals surface area contributed by atoms with Gasteiger partial charge >= 0.3 is 5.69 Å². The minimum Gasteiger partial charge on any atom is -0.374 e. The number of nitrogens with zero attached hydrogens (tertiary/aromatic N) is 2. The third-order valence-electron chi connectivity index (χ3n) is 2.49. The third-order valence-corrected chi connectivity index (χ3v) is 6.33. The van der Waals surface area contributed by atoms with Gasteiger partial charge in [0.15, 0.2) is 5.00 Å². The van der Waals surface area contributed by atoms with Gasteiger partial charge in [-0.2, -0.15) is 0 Å². The Balaban J connectivity index is 2.21. The molecule has 0 bridgehead atoms.